The number of nitriles is 1. The molecule has 14 nitrogen and oxygen atoms in total. The molecule has 1 saturated heterocycles. The predicted octanol–water partition coefficient (Wildman–Crippen LogP) is 3.06. The van der Waals surface area contributed by atoms with E-state index < -0.39 is 47.7 Å². The van der Waals surface area contributed by atoms with Gasteiger partial charge in [-0.3, -0.25) is 23.2 Å². The summed E-state index contributed by atoms with van der Waals surface area (Å²) in [5.41, 5.74) is -1.46. The highest BCUT2D eigenvalue weighted by molar-refractivity contribution is 8.14. The number of ether oxygens (including phenoxy) is 1. The molecule has 0 bridgehead atoms. The van der Waals surface area contributed by atoms with Gasteiger partial charge in [0.05, 0.1) is 18.9 Å². The molecule has 0 aromatic carbocycles. The Bertz CT molecular complexity index is 1490. The van der Waals surface area contributed by atoms with Crippen LogP contribution in [0.15, 0.2) is 18.5 Å². The molecule has 2 aliphatic rings. The number of phosphoric ester groups is 1. The molecule has 1 unspecified atom stereocenters. The van der Waals surface area contributed by atoms with E-state index in [2.05, 4.69) is 10.1 Å². The Kier molecular flexibility index (Phi) is 9.45. The molecular formula is C27H38N5O9PS2. The fraction of sp³-hybridized carbons (Fsp3) is 0.667. The molecule has 1 saturated carbocycles. The van der Waals surface area contributed by atoms with Crippen LogP contribution in [0.3, 0.4) is 0 Å². The normalized spacial score (nSPS) is 28.5. The van der Waals surface area contributed by atoms with Crippen molar-refractivity contribution in [2.75, 3.05) is 30.5 Å². The Labute approximate surface area is 264 Å². The first-order valence-electron chi connectivity index (χ1n) is 13.8. The summed E-state index contributed by atoms with van der Waals surface area (Å²) in [4.78, 5) is 28.5. The van der Waals surface area contributed by atoms with E-state index in [0.717, 1.165) is 23.5 Å². The molecule has 44 heavy (non-hydrogen) atoms. The van der Waals surface area contributed by atoms with Gasteiger partial charge in [-0.25, -0.2) is 14.1 Å². The molecule has 2 aromatic heterocycles. The van der Waals surface area contributed by atoms with Gasteiger partial charge in [-0.05, 0) is 19.1 Å². The Balaban J connectivity index is 1.52. The first-order chi connectivity index (χ1) is 20.2. The fourth-order valence-electron chi connectivity index (χ4n) is 4.70. The molecule has 2 aromatic rings. The number of thioether (sulfide) groups is 2. The summed E-state index contributed by atoms with van der Waals surface area (Å²) in [6, 6.07) is 5.00. The molecule has 0 amide bonds. The van der Waals surface area contributed by atoms with Crippen LogP contribution in [-0.4, -0.2) is 83.2 Å². The number of carbonyl (C=O) groups excluding carboxylic acids is 2. The van der Waals surface area contributed by atoms with Crippen molar-refractivity contribution in [2.24, 2.45) is 10.8 Å². The number of nitrogens with two attached hydrogens (primary N) is 1. The van der Waals surface area contributed by atoms with Crippen LogP contribution in [0.5, 0.6) is 0 Å². The van der Waals surface area contributed by atoms with Crippen LogP contribution >= 0.6 is 31.3 Å². The van der Waals surface area contributed by atoms with Gasteiger partial charge in [0.15, 0.2) is 21.6 Å². The molecular weight excluding hydrogens is 633 g/mol. The van der Waals surface area contributed by atoms with E-state index >= 15 is 0 Å². The summed E-state index contributed by atoms with van der Waals surface area (Å²) >= 11 is 1.99. The smallest absolute Gasteiger partial charge is 0.382 e. The second kappa shape index (κ2) is 11.9. The maximum Gasteiger partial charge on any atom is 0.475 e. The Hall–Kier alpha value is -2.06. The number of rotatable bonds is 11. The maximum atomic E-state index is 13.8. The molecule has 17 heteroatoms. The number of hydrogen-bond acceptors (Lipinski definition) is 15. The van der Waals surface area contributed by atoms with Crippen molar-refractivity contribution in [3.63, 3.8) is 0 Å². The van der Waals surface area contributed by atoms with Crippen LogP contribution in [0.1, 0.15) is 54.2 Å². The lowest BCUT2D eigenvalue weighted by atomic mass is 9.78. The first-order valence-corrected chi connectivity index (χ1v) is 17.2. The monoisotopic (exact) mass is 671 g/mol. The topological polar surface area (TPSA) is 209 Å². The quantitative estimate of drug-likeness (QED) is 0.232. The van der Waals surface area contributed by atoms with Crippen LogP contribution < -0.4 is 5.73 Å². The molecule has 242 valence electrons. The molecule has 1 aliphatic heterocycles. The molecule has 2 fully saturated rings. The maximum absolute atomic E-state index is 13.8. The Morgan fingerprint density at radius 2 is 1.66 bits per heavy atom. The third-order valence-electron chi connectivity index (χ3n) is 7.40. The number of fused-ring (bicyclic) bond motifs is 2. The van der Waals surface area contributed by atoms with Gasteiger partial charge in [-0.2, -0.15) is 10.4 Å². The zero-order valence-electron chi connectivity index (χ0n) is 25.6. The lowest BCUT2D eigenvalue weighted by Crippen LogP contribution is -2.57. The van der Waals surface area contributed by atoms with Crippen LogP contribution in [0.25, 0.3) is 5.52 Å². The minimum atomic E-state index is -4.45. The third-order valence-corrected chi connectivity index (χ3v) is 11.4. The minimum absolute atomic E-state index is 0.0882. The Morgan fingerprint density at radius 3 is 2.11 bits per heavy atom. The zero-order chi connectivity index (χ0) is 32.9. The van der Waals surface area contributed by atoms with E-state index in [0.29, 0.717) is 5.52 Å². The molecule has 4 N–H and O–H groups in total. The van der Waals surface area contributed by atoms with E-state index in [1.807, 2.05) is 6.07 Å². The van der Waals surface area contributed by atoms with Crippen LogP contribution in [0.2, 0.25) is 0 Å². The number of anilines is 1. The number of phosphoric acid groups is 1. The summed E-state index contributed by atoms with van der Waals surface area (Å²) < 4.78 is 37.8. The highest BCUT2D eigenvalue weighted by Gasteiger charge is 2.89. The molecule has 5 atom stereocenters. The second-order valence-electron chi connectivity index (χ2n) is 12.8. The summed E-state index contributed by atoms with van der Waals surface area (Å²) in [5.74, 6) is 0.406. The van der Waals surface area contributed by atoms with E-state index in [9.17, 15) is 29.6 Å². The second-order valence-corrected chi connectivity index (χ2v) is 16.6. The highest BCUT2D eigenvalue weighted by atomic mass is 32.2. The van der Waals surface area contributed by atoms with Gasteiger partial charge in [0.2, 0.25) is 5.60 Å². The summed E-state index contributed by atoms with van der Waals surface area (Å²) in [7, 11) is -4.45. The average Bonchev–Trinajstić information content (AvgIpc) is 3.20. The SMILES string of the molecule is CC(C)(C)C(=O)SCCOP(=O)(OCCSC(=O)C(C)(C)C)OC1[C@H]2O[C@@](C#N)(c3ccc4c(N)ncnn34)[C@](C)(O)[C@@]12O. The van der Waals surface area contributed by atoms with Gasteiger partial charge in [-0.15, -0.1) is 0 Å². The minimum Gasteiger partial charge on any atom is -0.382 e. The summed E-state index contributed by atoms with van der Waals surface area (Å²) in [5, 5.41) is 37.6. The molecule has 1 aliphatic carbocycles. The number of nitrogens with zero attached hydrogens (tertiary/aromatic N) is 4. The third kappa shape index (κ3) is 6.06. The first kappa shape index (κ1) is 34.8. The van der Waals surface area contributed by atoms with Gasteiger partial charge in [-0.1, -0.05) is 65.1 Å². The average molecular weight is 672 g/mol. The lowest BCUT2D eigenvalue weighted by molar-refractivity contribution is -0.167. The standard InChI is InChI=1S/C27H38N5O9PS2/c1-23(2,3)21(33)43-12-10-38-42(37,39-11-13-44-22(34)24(4,5)6)41-19-18-27(19,36)25(7,35)26(14-28,40-18)17-9-8-16-20(29)30-15-31-32(16)17/h8-9,15,18-19,35-36H,10-13H2,1-7H3,(H2,29,30,31)/t18-,19?,25+,26+,27+/m1/s1. The van der Waals surface area contributed by atoms with E-state index in [4.69, 9.17) is 24.0 Å². The van der Waals surface area contributed by atoms with Crippen molar-refractivity contribution in [1.82, 2.24) is 14.6 Å². The van der Waals surface area contributed by atoms with Gasteiger partial charge < -0.3 is 20.7 Å². The van der Waals surface area contributed by atoms with Crippen molar-refractivity contribution < 1.29 is 42.7 Å². The largest absolute Gasteiger partial charge is 0.475 e. The predicted molar refractivity (Wildman–Crippen MR) is 163 cm³/mol. The number of carbonyl (C=O) groups is 2. The zero-order valence-corrected chi connectivity index (χ0v) is 28.1. The Morgan fingerprint density at radius 1 is 1.11 bits per heavy atom. The number of nitrogen functional groups attached to an aromatic ring is 1. The van der Waals surface area contributed by atoms with Gasteiger partial charge in [0.1, 0.15) is 35.7 Å². The molecule has 0 radical (unpaired) electrons. The number of hydrogen-bond donors (Lipinski definition) is 3. The van der Waals surface area contributed by atoms with Crippen LogP contribution in [-0.2, 0) is 38.1 Å². The van der Waals surface area contributed by atoms with Crippen LogP contribution in [0.4, 0.5) is 5.82 Å². The van der Waals surface area contributed by atoms with E-state index in [1.165, 1.54) is 23.8 Å². The number of aliphatic hydroxyl groups is 2. The van der Waals surface area contributed by atoms with E-state index in [-0.39, 0.29) is 46.5 Å². The molecule has 4 rings (SSSR count). The van der Waals surface area contributed by atoms with Gasteiger partial charge >= 0.3 is 7.82 Å². The fourth-order valence-corrected chi connectivity index (χ4v) is 7.89. The van der Waals surface area contributed by atoms with Crippen LogP contribution in [0, 0.1) is 22.2 Å². The van der Waals surface area contributed by atoms with Crippen molar-refractivity contribution in [1.29, 1.82) is 5.26 Å². The summed E-state index contributed by atoms with van der Waals surface area (Å²) in [6.07, 6.45) is -1.55. The van der Waals surface area contributed by atoms with Gasteiger partial charge in [0, 0.05) is 22.3 Å². The van der Waals surface area contributed by atoms with Crippen molar-refractivity contribution >= 4 is 52.9 Å². The number of aromatic nitrogens is 3. The highest BCUT2D eigenvalue weighted by Crippen LogP contribution is 2.68. The lowest BCUT2D eigenvalue weighted by Gasteiger charge is -2.38. The molecule has 3 heterocycles. The summed E-state index contributed by atoms with van der Waals surface area (Å²) in [6.45, 7) is 11.4. The van der Waals surface area contributed by atoms with Crippen molar-refractivity contribution in [2.45, 2.75) is 77.5 Å². The van der Waals surface area contributed by atoms with E-state index in [1.54, 1.807) is 47.6 Å². The van der Waals surface area contributed by atoms with Crippen molar-refractivity contribution in [3.05, 3.63) is 24.2 Å². The molecule has 0 spiro atoms. The van der Waals surface area contributed by atoms with Gasteiger partial charge in [0.25, 0.3) is 0 Å². The van der Waals surface area contributed by atoms with Crippen molar-refractivity contribution in [3.8, 4) is 6.07 Å².